The molecule has 3 heterocycles. The van der Waals surface area contributed by atoms with Crippen molar-refractivity contribution in [2.24, 2.45) is 0 Å². The van der Waals surface area contributed by atoms with Crippen molar-refractivity contribution in [1.29, 1.82) is 5.26 Å². The zero-order chi connectivity index (χ0) is 27.9. The fourth-order valence-electron chi connectivity index (χ4n) is 5.49. The van der Waals surface area contributed by atoms with Crippen LogP contribution in [0.15, 0.2) is 85.5 Å². The summed E-state index contributed by atoms with van der Waals surface area (Å²) in [5.74, 6) is 0.896. The van der Waals surface area contributed by atoms with E-state index in [9.17, 15) is 5.26 Å². The van der Waals surface area contributed by atoms with E-state index in [0.717, 1.165) is 68.2 Å². The summed E-state index contributed by atoms with van der Waals surface area (Å²) in [7, 11) is 0. The van der Waals surface area contributed by atoms with E-state index in [1.54, 1.807) is 12.5 Å². The highest BCUT2D eigenvalue weighted by Gasteiger charge is 2.21. The van der Waals surface area contributed by atoms with E-state index >= 15 is 0 Å². The Labute approximate surface area is 236 Å². The molecule has 1 aliphatic heterocycles. The molecule has 2 N–H and O–H groups in total. The molecule has 4 aromatic rings. The molecule has 40 heavy (non-hydrogen) atoms. The smallest absolute Gasteiger partial charge is 0.129 e. The van der Waals surface area contributed by atoms with Crippen molar-refractivity contribution < 1.29 is 0 Å². The number of nitrogens with zero attached hydrogens (tertiary/aromatic N) is 5. The number of rotatable bonds is 10. The van der Waals surface area contributed by atoms with Crippen molar-refractivity contribution >= 4 is 22.4 Å². The van der Waals surface area contributed by atoms with Crippen molar-refractivity contribution in [3.05, 3.63) is 108 Å². The fourth-order valence-corrected chi connectivity index (χ4v) is 5.49. The van der Waals surface area contributed by atoms with Crippen LogP contribution in [0.25, 0.3) is 10.9 Å². The van der Waals surface area contributed by atoms with E-state index in [2.05, 4.69) is 92.1 Å². The van der Waals surface area contributed by atoms with Gasteiger partial charge < -0.3 is 15.2 Å². The first kappa shape index (κ1) is 27.2. The molecule has 0 spiro atoms. The van der Waals surface area contributed by atoms with E-state index in [0.29, 0.717) is 11.7 Å². The summed E-state index contributed by atoms with van der Waals surface area (Å²) in [4.78, 5) is 10.8. The molecular weight excluding hydrogens is 494 g/mol. The standard InChI is InChI=1S/C33H37N7/c1-4-27(5-2)37-28-9-6-25(7-10-28)13-19-40-30(21-34)20-31-24(3)26(8-11-32(31)40)22-39-17-14-29(15-18-39)38-33-12-16-35-23-36-33/h4-12,16,20,23,29,37H,1,13-15,17-19,22H2,2-3H3,(H,35,36,38)/b27-5+. The number of aromatic nitrogens is 3. The van der Waals surface area contributed by atoms with Gasteiger partial charge in [-0.15, -0.1) is 0 Å². The van der Waals surface area contributed by atoms with Gasteiger partial charge in [-0.3, -0.25) is 4.90 Å². The second kappa shape index (κ2) is 12.6. The van der Waals surface area contributed by atoms with Crippen LogP contribution in [-0.2, 0) is 19.5 Å². The molecule has 1 aliphatic rings. The summed E-state index contributed by atoms with van der Waals surface area (Å²) >= 11 is 0. The van der Waals surface area contributed by atoms with Crippen LogP contribution in [0.1, 0.15) is 42.1 Å². The van der Waals surface area contributed by atoms with Gasteiger partial charge in [0.05, 0.1) is 0 Å². The van der Waals surface area contributed by atoms with Crippen molar-refractivity contribution in [1.82, 2.24) is 19.4 Å². The molecular formula is C33H37N7. The lowest BCUT2D eigenvalue weighted by Gasteiger charge is -2.33. The number of piperidine rings is 1. The van der Waals surface area contributed by atoms with Crippen LogP contribution in [0.2, 0.25) is 0 Å². The number of hydrogen-bond donors (Lipinski definition) is 2. The predicted octanol–water partition coefficient (Wildman–Crippen LogP) is 6.43. The molecule has 7 heteroatoms. The molecule has 7 nitrogen and oxygen atoms in total. The lowest BCUT2D eigenvalue weighted by Crippen LogP contribution is -2.38. The number of likely N-dealkylation sites (tertiary alicyclic amines) is 1. The van der Waals surface area contributed by atoms with Crippen molar-refractivity contribution in [3.8, 4) is 6.07 Å². The van der Waals surface area contributed by atoms with Gasteiger partial charge in [0.15, 0.2) is 0 Å². The minimum absolute atomic E-state index is 0.437. The van der Waals surface area contributed by atoms with E-state index < -0.39 is 0 Å². The van der Waals surface area contributed by atoms with E-state index in [4.69, 9.17) is 0 Å². The highest BCUT2D eigenvalue weighted by atomic mass is 15.1. The SMILES string of the molecule is C=C/C(=C\C)Nc1ccc(CCn2c(C#N)cc3c(C)c(CN4CCC(Nc5ccncn5)CC4)ccc32)cc1. The van der Waals surface area contributed by atoms with Gasteiger partial charge in [0.25, 0.3) is 0 Å². The van der Waals surface area contributed by atoms with Gasteiger partial charge in [0, 0.05) is 60.7 Å². The highest BCUT2D eigenvalue weighted by Crippen LogP contribution is 2.28. The zero-order valence-electron chi connectivity index (χ0n) is 23.4. The maximum Gasteiger partial charge on any atom is 0.129 e. The van der Waals surface area contributed by atoms with Gasteiger partial charge in [-0.2, -0.15) is 5.26 Å². The first-order valence-electron chi connectivity index (χ1n) is 14.0. The van der Waals surface area contributed by atoms with Crippen LogP contribution >= 0.6 is 0 Å². The molecule has 0 atom stereocenters. The number of allylic oxidation sites excluding steroid dienone is 2. The third-order valence-electron chi connectivity index (χ3n) is 7.89. The average molecular weight is 532 g/mol. The topological polar surface area (TPSA) is 81.8 Å². The maximum atomic E-state index is 9.92. The summed E-state index contributed by atoms with van der Waals surface area (Å²) in [5.41, 5.74) is 7.71. The quantitative estimate of drug-likeness (QED) is 0.230. The summed E-state index contributed by atoms with van der Waals surface area (Å²) in [6, 6.07) is 19.8. The van der Waals surface area contributed by atoms with Gasteiger partial charge in [-0.05, 0) is 86.2 Å². The minimum atomic E-state index is 0.437. The van der Waals surface area contributed by atoms with Gasteiger partial charge in [0.2, 0.25) is 0 Å². The molecule has 0 bridgehead atoms. The zero-order valence-corrected chi connectivity index (χ0v) is 23.4. The molecule has 0 aliphatic carbocycles. The van der Waals surface area contributed by atoms with Crippen LogP contribution in [0.3, 0.4) is 0 Å². The molecule has 204 valence electrons. The number of aryl methyl sites for hydroxylation is 3. The van der Waals surface area contributed by atoms with E-state index in [-0.39, 0.29) is 0 Å². The second-order valence-corrected chi connectivity index (χ2v) is 10.4. The van der Waals surface area contributed by atoms with Gasteiger partial charge in [-0.1, -0.05) is 30.9 Å². The molecule has 1 saturated heterocycles. The highest BCUT2D eigenvalue weighted by molar-refractivity contribution is 5.86. The van der Waals surface area contributed by atoms with Crippen molar-refractivity contribution in [2.45, 2.75) is 52.2 Å². The molecule has 5 rings (SSSR count). The number of nitrogens with one attached hydrogen (secondary N) is 2. The lowest BCUT2D eigenvalue weighted by atomic mass is 10.0. The maximum absolute atomic E-state index is 9.92. The lowest BCUT2D eigenvalue weighted by molar-refractivity contribution is 0.211. The number of fused-ring (bicyclic) bond motifs is 1. The Kier molecular flexibility index (Phi) is 8.58. The van der Waals surface area contributed by atoms with E-state index in [1.165, 1.54) is 22.1 Å². The largest absolute Gasteiger partial charge is 0.367 e. The van der Waals surface area contributed by atoms with E-state index in [1.807, 2.05) is 25.1 Å². The molecule has 2 aromatic heterocycles. The van der Waals surface area contributed by atoms with Crippen LogP contribution in [-0.4, -0.2) is 38.6 Å². The minimum Gasteiger partial charge on any atom is -0.367 e. The van der Waals surface area contributed by atoms with Crippen molar-refractivity contribution in [2.75, 3.05) is 23.7 Å². The Hall–Kier alpha value is -4.41. The first-order valence-corrected chi connectivity index (χ1v) is 14.0. The van der Waals surface area contributed by atoms with Gasteiger partial charge in [0.1, 0.15) is 23.9 Å². The summed E-state index contributed by atoms with van der Waals surface area (Å²) in [5, 5.41) is 18.0. The fraction of sp³-hybridized carbons (Fsp3) is 0.303. The Morgan fingerprint density at radius 3 is 2.62 bits per heavy atom. The molecule has 0 radical (unpaired) electrons. The van der Waals surface area contributed by atoms with Crippen LogP contribution in [0.5, 0.6) is 0 Å². The summed E-state index contributed by atoms with van der Waals surface area (Å²) in [6.07, 6.45) is 10.2. The molecule has 0 amide bonds. The number of nitriles is 1. The predicted molar refractivity (Wildman–Crippen MR) is 163 cm³/mol. The molecule has 1 fully saturated rings. The molecule has 2 aromatic carbocycles. The third-order valence-corrected chi connectivity index (χ3v) is 7.89. The summed E-state index contributed by atoms with van der Waals surface area (Å²) < 4.78 is 2.16. The Bertz CT molecular complexity index is 1520. The first-order chi connectivity index (χ1) is 19.6. The second-order valence-electron chi connectivity index (χ2n) is 10.4. The summed E-state index contributed by atoms with van der Waals surface area (Å²) in [6.45, 7) is 11.8. The Morgan fingerprint density at radius 1 is 1.15 bits per heavy atom. The normalized spacial score (nSPS) is 14.7. The number of benzene rings is 2. The van der Waals surface area contributed by atoms with Crippen LogP contribution < -0.4 is 10.6 Å². The number of hydrogen-bond acceptors (Lipinski definition) is 6. The Morgan fingerprint density at radius 2 is 1.95 bits per heavy atom. The third kappa shape index (κ3) is 6.24. The van der Waals surface area contributed by atoms with Gasteiger partial charge >= 0.3 is 0 Å². The van der Waals surface area contributed by atoms with Crippen LogP contribution in [0.4, 0.5) is 11.5 Å². The Balaban J connectivity index is 1.23. The van der Waals surface area contributed by atoms with Crippen LogP contribution in [0, 0.1) is 18.3 Å². The molecule has 0 unspecified atom stereocenters. The molecule has 0 saturated carbocycles. The number of anilines is 2. The van der Waals surface area contributed by atoms with Gasteiger partial charge in [-0.25, -0.2) is 9.97 Å². The monoisotopic (exact) mass is 531 g/mol. The average Bonchev–Trinajstić information content (AvgIpc) is 3.36. The van der Waals surface area contributed by atoms with Crippen molar-refractivity contribution in [3.63, 3.8) is 0 Å².